The van der Waals surface area contributed by atoms with Crippen LogP contribution in [0.25, 0.3) is 0 Å². The third-order valence-corrected chi connectivity index (χ3v) is 0.861. The summed E-state index contributed by atoms with van der Waals surface area (Å²) in [7, 11) is 3.43. The van der Waals surface area contributed by atoms with Gasteiger partial charge in [-0.1, -0.05) is 0 Å². The Hall–Kier alpha value is -0.610. The van der Waals surface area contributed by atoms with E-state index in [1.165, 1.54) is 5.06 Å². The number of rotatable bonds is 3. The first kappa shape index (κ1) is 11.4. The molecule has 0 rings (SSSR count). The number of hydrogen-bond acceptors (Lipinski definition) is 4. The molecule has 0 N–H and O–H groups in total. The molecular weight excluding hydrogens is 158 g/mol. The Balaban J connectivity index is 3.61. The van der Waals surface area contributed by atoms with Crippen molar-refractivity contribution in [3.05, 3.63) is 0 Å². The summed E-state index contributed by atoms with van der Waals surface area (Å²) in [6.45, 7) is 5.42. The molecule has 0 aliphatic carbocycles. The van der Waals surface area contributed by atoms with Crippen molar-refractivity contribution in [2.45, 2.75) is 26.4 Å². The van der Waals surface area contributed by atoms with Gasteiger partial charge < -0.3 is 4.74 Å². The van der Waals surface area contributed by atoms with Crippen LogP contribution in [0.4, 0.5) is 0 Å². The van der Waals surface area contributed by atoms with E-state index in [1.807, 2.05) is 20.8 Å². The molecule has 0 saturated carbocycles. The van der Waals surface area contributed by atoms with Crippen LogP contribution in [0.15, 0.2) is 0 Å². The van der Waals surface area contributed by atoms with Gasteiger partial charge in [0.15, 0.2) is 6.61 Å². The molecule has 0 fully saturated rings. The highest BCUT2D eigenvalue weighted by Gasteiger charge is 2.16. The zero-order chi connectivity index (χ0) is 9.78. The van der Waals surface area contributed by atoms with Crippen LogP contribution in [0.1, 0.15) is 20.8 Å². The quantitative estimate of drug-likeness (QED) is 0.470. The molecule has 0 unspecified atom stereocenters. The predicted octanol–water partition coefficient (Wildman–Crippen LogP) is 0.821. The molecule has 0 aliphatic rings. The molecule has 4 nitrogen and oxygen atoms in total. The molecule has 12 heavy (non-hydrogen) atoms. The predicted molar refractivity (Wildman–Crippen MR) is 45.5 cm³/mol. The van der Waals surface area contributed by atoms with E-state index in [0.29, 0.717) is 0 Å². The number of hydroxylamine groups is 2. The monoisotopic (exact) mass is 175 g/mol. The van der Waals surface area contributed by atoms with Crippen LogP contribution in [0.3, 0.4) is 0 Å². The molecule has 0 amide bonds. The molecule has 0 radical (unpaired) electrons. The normalized spacial score (nSPS) is 11.8. The second-order valence-electron chi connectivity index (χ2n) is 3.67. The minimum Gasteiger partial charge on any atom is -0.458 e. The molecule has 72 valence electrons. The van der Waals surface area contributed by atoms with Crippen molar-refractivity contribution in [3.8, 4) is 0 Å². The summed E-state index contributed by atoms with van der Waals surface area (Å²) >= 11 is 0. The summed E-state index contributed by atoms with van der Waals surface area (Å²) < 4.78 is 5.00. The van der Waals surface area contributed by atoms with E-state index in [0.717, 1.165) is 0 Å². The highest BCUT2D eigenvalue weighted by atomic mass is 16.7. The van der Waals surface area contributed by atoms with Gasteiger partial charge in [-0.3, -0.25) is 4.84 Å². The number of esters is 1. The minimum absolute atomic E-state index is 0.0374. The average Bonchev–Trinajstić information content (AvgIpc) is 1.79. The summed E-state index contributed by atoms with van der Waals surface area (Å²) in [6, 6.07) is 0. The van der Waals surface area contributed by atoms with Gasteiger partial charge in [0.25, 0.3) is 0 Å². The van der Waals surface area contributed by atoms with Crippen LogP contribution in [-0.4, -0.2) is 37.3 Å². The summed E-state index contributed by atoms with van der Waals surface area (Å²) in [6.07, 6.45) is 0. The van der Waals surface area contributed by atoms with Gasteiger partial charge in [-0.15, -0.1) is 0 Å². The maximum atomic E-state index is 11.0. The Morgan fingerprint density at radius 2 is 1.83 bits per heavy atom. The second kappa shape index (κ2) is 4.42. The van der Waals surface area contributed by atoms with E-state index in [2.05, 4.69) is 0 Å². The molecule has 0 aromatic heterocycles. The van der Waals surface area contributed by atoms with Gasteiger partial charge in [0.2, 0.25) is 0 Å². The first-order valence-electron chi connectivity index (χ1n) is 3.83. The third kappa shape index (κ3) is 7.50. The number of hydrogen-bond donors (Lipinski definition) is 0. The fourth-order valence-corrected chi connectivity index (χ4v) is 0.553. The van der Waals surface area contributed by atoms with E-state index in [4.69, 9.17) is 9.57 Å². The van der Waals surface area contributed by atoms with Crippen molar-refractivity contribution < 1.29 is 14.4 Å². The van der Waals surface area contributed by atoms with Gasteiger partial charge in [0.1, 0.15) is 5.60 Å². The summed E-state index contributed by atoms with van der Waals surface area (Å²) in [4.78, 5) is 15.9. The molecule has 0 bridgehead atoms. The van der Waals surface area contributed by atoms with Gasteiger partial charge in [-0.2, -0.15) is 5.06 Å². The van der Waals surface area contributed by atoms with E-state index in [1.54, 1.807) is 14.1 Å². The Morgan fingerprint density at radius 3 is 2.17 bits per heavy atom. The van der Waals surface area contributed by atoms with Crippen molar-refractivity contribution in [2.24, 2.45) is 0 Å². The van der Waals surface area contributed by atoms with Crippen molar-refractivity contribution >= 4 is 5.97 Å². The Bertz CT molecular complexity index is 149. The summed E-state index contributed by atoms with van der Waals surface area (Å²) in [5.41, 5.74) is -0.438. The van der Waals surface area contributed by atoms with Gasteiger partial charge in [-0.25, -0.2) is 4.79 Å². The van der Waals surface area contributed by atoms with Gasteiger partial charge in [-0.05, 0) is 20.8 Å². The van der Waals surface area contributed by atoms with E-state index >= 15 is 0 Å². The summed E-state index contributed by atoms with van der Waals surface area (Å²) in [5, 5.41) is 1.46. The first-order chi connectivity index (χ1) is 5.31. The Kier molecular flexibility index (Phi) is 4.20. The first-order valence-corrected chi connectivity index (χ1v) is 3.83. The molecule has 4 heteroatoms. The Labute approximate surface area is 73.4 Å². The lowest BCUT2D eigenvalue weighted by Gasteiger charge is -2.20. The fourth-order valence-electron chi connectivity index (χ4n) is 0.553. The van der Waals surface area contributed by atoms with E-state index < -0.39 is 5.60 Å². The largest absolute Gasteiger partial charge is 0.458 e. The van der Waals surface area contributed by atoms with Crippen LogP contribution in [-0.2, 0) is 14.4 Å². The molecule has 0 aromatic rings. The van der Waals surface area contributed by atoms with Crippen LogP contribution in [0.5, 0.6) is 0 Å². The van der Waals surface area contributed by atoms with Crippen LogP contribution >= 0.6 is 0 Å². The molecular formula is C8H17NO3. The standard InChI is InChI=1S/C8H17NO3/c1-8(2,3)12-7(10)6-11-9(4)5/h6H2,1-5H3. The fraction of sp³-hybridized carbons (Fsp3) is 0.875. The lowest BCUT2D eigenvalue weighted by Crippen LogP contribution is -2.28. The minimum atomic E-state index is -0.438. The number of carbonyl (C=O) groups excluding carboxylic acids is 1. The van der Waals surface area contributed by atoms with E-state index in [9.17, 15) is 4.79 Å². The van der Waals surface area contributed by atoms with Crippen molar-refractivity contribution in [3.63, 3.8) is 0 Å². The van der Waals surface area contributed by atoms with E-state index in [-0.39, 0.29) is 12.6 Å². The van der Waals surface area contributed by atoms with Gasteiger partial charge in [0.05, 0.1) is 0 Å². The number of ether oxygens (including phenoxy) is 1. The van der Waals surface area contributed by atoms with Crippen molar-refractivity contribution in [1.29, 1.82) is 0 Å². The molecule has 0 spiro atoms. The van der Waals surface area contributed by atoms with Crippen LogP contribution < -0.4 is 0 Å². The zero-order valence-electron chi connectivity index (χ0n) is 8.38. The SMILES string of the molecule is CN(C)OCC(=O)OC(C)(C)C. The summed E-state index contributed by atoms with van der Waals surface area (Å²) in [5.74, 6) is -0.351. The smallest absolute Gasteiger partial charge is 0.334 e. The number of carbonyl (C=O) groups is 1. The maximum absolute atomic E-state index is 11.0. The van der Waals surface area contributed by atoms with Gasteiger partial charge >= 0.3 is 5.97 Å². The second-order valence-corrected chi connectivity index (χ2v) is 3.67. The average molecular weight is 175 g/mol. The van der Waals surface area contributed by atoms with Crippen molar-refractivity contribution in [2.75, 3.05) is 20.7 Å². The van der Waals surface area contributed by atoms with Crippen molar-refractivity contribution in [1.82, 2.24) is 5.06 Å². The molecule has 0 heterocycles. The molecule has 0 aromatic carbocycles. The topological polar surface area (TPSA) is 38.8 Å². The lowest BCUT2D eigenvalue weighted by atomic mass is 10.2. The third-order valence-electron chi connectivity index (χ3n) is 0.861. The van der Waals surface area contributed by atoms with Gasteiger partial charge in [0, 0.05) is 14.1 Å². The highest BCUT2D eigenvalue weighted by molar-refractivity contribution is 5.71. The molecule has 0 atom stereocenters. The lowest BCUT2D eigenvalue weighted by molar-refractivity contribution is -0.180. The molecule has 0 aliphatic heterocycles. The molecule has 0 saturated heterocycles. The zero-order valence-corrected chi connectivity index (χ0v) is 8.38. The van der Waals surface area contributed by atoms with Crippen LogP contribution in [0.2, 0.25) is 0 Å². The van der Waals surface area contributed by atoms with Crippen LogP contribution in [0, 0.1) is 0 Å². The number of nitrogens with zero attached hydrogens (tertiary/aromatic N) is 1. The highest BCUT2D eigenvalue weighted by Crippen LogP contribution is 2.06. The maximum Gasteiger partial charge on any atom is 0.334 e. The Morgan fingerprint density at radius 1 is 1.33 bits per heavy atom.